The molecule has 2 aromatic rings. The third kappa shape index (κ3) is 4.59. The molecule has 0 aliphatic rings. The van der Waals surface area contributed by atoms with Crippen LogP contribution in [-0.2, 0) is 4.74 Å². The first-order valence-electron chi connectivity index (χ1n) is 7.33. The average molecular weight is 365 g/mol. The molecule has 26 heavy (non-hydrogen) atoms. The number of nitrogens with zero attached hydrogens (tertiary/aromatic N) is 1. The van der Waals surface area contributed by atoms with Crippen molar-refractivity contribution in [3.63, 3.8) is 0 Å². The van der Waals surface area contributed by atoms with Crippen LogP contribution in [0.4, 0.5) is 14.5 Å². The number of para-hydroxylation sites is 1. The Labute approximate surface area is 146 Å². The fourth-order valence-electron chi connectivity index (χ4n) is 2.12. The Morgan fingerprint density at radius 1 is 1.08 bits per heavy atom. The van der Waals surface area contributed by atoms with Gasteiger partial charge in [0.25, 0.3) is 5.69 Å². The highest BCUT2D eigenvalue weighted by Gasteiger charge is 2.25. The first kappa shape index (κ1) is 19.0. The van der Waals surface area contributed by atoms with Crippen molar-refractivity contribution in [2.24, 2.45) is 0 Å². The molecule has 1 atom stereocenters. The predicted octanol–water partition coefficient (Wildman–Crippen LogP) is 3.62. The summed E-state index contributed by atoms with van der Waals surface area (Å²) < 4.78 is 33.4. The normalized spacial score (nSPS) is 11.7. The third-order valence-electron chi connectivity index (χ3n) is 3.34. The monoisotopic (exact) mass is 365 g/mol. The zero-order valence-electron chi connectivity index (χ0n) is 13.4. The smallest absolute Gasteiger partial charge is 0.387 e. The Hall–Kier alpha value is -3.36. The van der Waals surface area contributed by atoms with E-state index in [9.17, 15) is 28.5 Å². The number of esters is 1. The molecule has 0 fully saturated rings. The predicted molar refractivity (Wildman–Crippen MR) is 85.4 cm³/mol. The number of carbonyl (C=O) groups excluding carboxylic acids is 2. The molecule has 0 saturated carbocycles. The van der Waals surface area contributed by atoms with E-state index in [1.165, 1.54) is 49.4 Å². The van der Waals surface area contributed by atoms with E-state index in [4.69, 9.17) is 4.74 Å². The fraction of sp³-hybridized carbons (Fsp3) is 0.176. The second-order valence-electron chi connectivity index (χ2n) is 5.09. The molecule has 0 spiro atoms. The maximum absolute atomic E-state index is 12.3. The van der Waals surface area contributed by atoms with Crippen LogP contribution in [0.3, 0.4) is 0 Å². The second kappa shape index (κ2) is 8.15. The van der Waals surface area contributed by atoms with Crippen molar-refractivity contribution in [3.05, 3.63) is 69.8 Å². The number of carbonyl (C=O) groups is 2. The molecule has 0 saturated heterocycles. The Kier molecular flexibility index (Phi) is 5.94. The topological polar surface area (TPSA) is 95.7 Å². The summed E-state index contributed by atoms with van der Waals surface area (Å²) in [5.41, 5.74) is -0.613. The second-order valence-corrected chi connectivity index (χ2v) is 5.09. The number of hydrogen-bond donors (Lipinski definition) is 0. The van der Waals surface area contributed by atoms with Gasteiger partial charge in [0.2, 0.25) is 5.78 Å². The number of nitro benzene ring substituents is 1. The van der Waals surface area contributed by atoms with Crippen LogP contribution in [0.15, 0.2) is 48.5 Å². The van der Waals surface area contributed by atoms with E-state index in [1.807, 2.05) is 0 Å². The molecule has 0 aliphatic heterocycles. The van der Waals surface area contributed by atoms with Crippen LogP contribution in [0.5, 0.6) is 5.75 Å². The zero-order valence-corrected chi connectivity index (χ0v) is 13.4. The van der Waals surface area contributed by atoms with E-state index in [1.54, 1.807) is 0 Å². The highest BCUT2D eigenvalue weighted by molar-refractivity contribution is 6.02. The largest absolute Gasteiger partial charge is 0.450 e. The van der Waals surface area contributed by atoms with Gasteiger partial charge in [-0.2, -0.15) is 8.78 Å². The van der Waals surface area contributed by atoms with Crippen LogP contribution in [-0.4, -0.2) is 29.4 Å². The molecule has 0 aromatic heterocycles. The summed E-state index contributed by atoms with van der Waals surface area (Å²) in [5.74, 6) is -1.74. The number of nitro groups is 1. The van der Waals surface area contributed by atoms with E-state index < -0.39 is 35.1 Å². The lowest BCUT2D eigenvalue weighted by Gasteiger charge is -2.13. The summed E-state index contributed by atoms with van der Waals surface area (Å²) in [4.78, 5) is 34.6. The first-order chi connectivity index (χ1) is 12.3. The van der Waals surface area contributed by atoms with Gasteiger partial charge in [-0.25, -0.2) is 4.79 Å². The van der Waals surface area contributed by atoms with Crippen molar-refractivity contribution in [2.75, 3.05) is 0 Å². The highest BCUT2D eigenvalue weighted by atomic mass is 19.3. The number of alkyl halides is 2. The molecule has 0 heterocycles. The van der Waals surface area contributed by atoms with Crippen molar-refractivity contribution in [1.82, 2.24) is 0 Å². The maximum atomic E-state index is 12.3. The number of ketones is 1. The molecule has 136 valence electrons. The number of halogens is 2. The summed E-state index contributed by atoms with van der Waals surface area (Å²) in [7, 11) is 0. The highest BCUT2D eigenvalue weighted by Crippen LogP contribution is 2.20. The van der Waals surface area contributed by atoms with E-state index in [-0.39, 0.29) is 16.9 Å². The molecule has 9 heteroatoms. The number of rotatable bonds is 7. The van der Waals surface area contributed by atoms with Gasteiger partial charge in [0, 0.05) is 11.6 Å². The Morgan fingerprint density at radius 3 is 2.27 bits per heavy atom. The summed E-state index contributed by atoms with van der Waals surface area (Å²) in [6.45, 7) is -1.68. The van der Waals surface area contributed by atoms with Gasteiger partial charge in [0.15, 0.2) is 6.10 Å². The quantitative estimate of drug-likeness (QED) is 0.322. The number of hydrogen-bond acceptors (Lipinski definition) is 6. The van der Waals surface area contributed by atoms with Crippen LogP contribution in [0, 0.1) is 10.1 Å². The molecular weight excluding hydrogens is 352 g/mol. The molecule has 0 aliphatic carbocycles. The Bertz CT molecular complexity index is 822. The van der Waals surface area contributed by atoms with Crippen molar-refractivity contribution in [3.8, 4) is 5.75 Å². The van der Waals surface area contributed by atoms with E-state index in [2.05, 4.69) is 4.74 Å². The van der Waals surface area contributed by atoms with Gasteiger partial charge in [-0.3, -0.25) is 14.9 Å². The Balaban J connectivity index is 2.09. The minimum Gasteiger partial charge on any atom is -0.450 e. The summed E-state index contributed by atoms with van der Waals surface area (Å²) >= 11 is 0. The molecule has 1 unspecified atom stereocenters. The zero-order chi connectivity index (χ0) is 19.3. The minimum absolute atomic E-state index is 0.106. The van der Waals surface area contributed by atoms with Gasteiger partial charge in [-0.05, 0) is 37.3 Å². The van der Waals surface area contributed by atoms with Gasteiger partial charge in [-0.1, -0.05) is 12.1 Å². The Morgan fingerprint density at radius 2 is 1.69 bits per heavy atom. The molecule has 2 aromatic carbocycles. The molecule has 0 amide bonds. The van der Waals surface area contributed by atoms with E-state index in [0.717, 1.165) is 6.07 Å². The van der Waals surface area contributed by atoms with Crippen LogP contribution in [0.2, 0.25) is 0 Å². The molecular formula is C17H13F2NO6. The van der Waals surface area contributed by atoms with E-state index in [0.29, 0.717) is 0 Å². The molecule has 0 N–H and O–H groups in total. The summed E-state index contributed by atoms with van der Waals surface area (Å²) in [6, 6.07) is 10.0. The van der Waals surface area contributed by atoms with Gasteiger partial charge in [0.05, 0.1) is 4.92 Å². The van der Waals surface area contributed by atoms with Gasteiger partial charge < -0.3 is 9.47 Å². The van der Waals surface area contributed by atoms with Gasteiger partial charge >= 0.3 is 12.6 Å². The van der Waals surface area contributed by atoms with Crippen LogP contribution < -0.4 is 4.74 Å². The van der Waals surface area contributed by atoms with E-state index >= 15 is 0 Å². The maximum Gasteiger partial charge on any atom is 0.387 e. The summed E-state index contributed by atoms with van der Waals surface area (Å²) in [6.07, 6.45) is -1.23. The molecule has 0 radical (unpaired) electrons. The number of ether oxygens (including phenoxy) is 2. The molecule has 2 rings (SSSR count). The summed E-state index contributed by atoms with van der Waals surface area (Å²) in [5, 5.41) is 10.9. The average Bonchev–Trinajstić information content (AvgIpc) is 2.61. The number of Topliss-reactive ketones (excluding diaryl/α,β-unsaturated/α-hetero) is 1. The van der Waals surface area contributed by atoms with Gasteiger partial charge in [-0.15, -0.1) is 0 Å². The van der Waals surface area contributed by atoms with Crippen molar-refractivity contribution < 1.29 is 32.8 Å². The fourth-order valence-corrected chi connectivity index (χ4v) is 2.12. The lowest BCUT2D eigenvalue weighted by atomic mass is 10.1. The van der Waals surface area contributed by atoms with Crippen molar-refractivity contribution in [1.29, 1.82) is 0 Å². The number of benzene rings is 2. The van der Waals surface area contributed by atoms with Crippen LogP contribution in [0.1, 0.15) is 27.6 Å². The van der Waals surface area contributed by atoms with Crippen molar-refractivity contribution in [2.45, 2.75) is 19.6 Å². The minimum atomic E-state index is -2.99. The third-order valence-corrected chi connectivity index (χ3v) is 3.34. The van der Waals surface area contributed by atoms with Crippen molar-refractivity contribution >= 4 is 17.4 Å². The SMILES string of the molecule is CC(OC(=O)c1ccccc1[N+](=O)[O-])C(=O)c1ccc(OC(F)F)cc1. The lowest BCUT2D eigenvalue weighted by molar-refractivity contribution is -0.385. The lowest BCUT2D eigenvalue weighted by Crippen LogP contribution is -2.24. The molecule has 7 nitrogen and oxygen atoms in total. The van der Waals surface area contributed by atoms with Crippen LogP contribution >= 0.6 is 0 Å². The molecule has 0 bridgehead atoms. The standard InChI is InChI=1S/C17H13F2NO6/c1-10(15(21)11-6-8-12(9-7-11)26-17(18)19)25-16(22)13-4-2-3-5-14(13)20(23)24/h2-10,17H,1H3. The first-order valence-corrected chi connectivity index (χ1v) is 7.33. The van der Waals surface area contributed by atoms with Gasteiger partial charge in [0.1, 0.15) is 11.3 Å². The van der Waals surface area contributed by atoms with Crippen LogP contribution in [0.25, 0.3) is 0 Å².